The number of amides is 5. The third-order valence-corrected chi connectivity index (χ3v) is 8.31. The van der Waals surface area contributed by atoms with Crippen molar-refractivity contribution in [3.63, 3.8) is 0 Å². The Morgan fingerprint density at radius 1 is 1.10 bits per heavy atom. The molecule has 0 bridgehead atoms. The molecule has 3 aliphatic rings. The van der Waals surface area contributed by atoms with Gasteiger partial charge >= 0.3 is 18.0 Å². The molecule has 1 N–H and O–H groups in total. The van der Waals surface area contributed by atoms with Gasteiger partial charge in [0.25, 0.3) is 5.91 Å². The second-order valence-corrected chi connectivity index (χ2v) is 10.9. The minimum absolute atomic E-state index is 0.0249. The average molecular weight is 586 g/mol. The number of urea groups is 2. The smallest absolute Gasteiger partial charge is 0.332 e. The van der Waals surface area contributed by atoms with E-state index < -0.39 is 47.5 Å². The fourth-order valence-electron chi connectivity index (χ4n) is 5.92. The Hall–Kier alpha value is -3.85. The number of hydrogen-bond acceptors (Lipinski definition) is 7. The molecular formula is C27H25Cl2N5O6. The number of likely N-dealkylation sites (N-methyl/N-ethyl adjacent to an activating group) is 1. The molecule has 0 radical (unpaired) electrons. The zero-order valence-electron chi connectivity index (χ0n) is 21.6. The van der Waals surface area contributed by atoms with Crippen molar-refractivity contribution in [1.82, 2.24) is 14.7 Å². The number of benzene rings is 2. The van der Waals surface area contributed by atoms with E-state index in [9.17, 15) is 29.5 Å². The third-order valence-electron chi connectivity index (χ3n) is 7.88. The molecule has 3 saturated heterocycles. The number of likely N-dealkylation sites (tertiary alicyclic amines) is 2. The summed E-state index contributed by atoms with van der Waals surface area (Å²) >= 11 is 12.3. The van der Waals surface area contributed by atoms with Crippen molar-refractivity contribution in [1.29, 1.82) is 5.26 Å². The predicted molar refractivity (Wildman–Crippen MR) is 144 cm³/mol. The quantitative estimate of drug-likeness (QED) is 0.432. The molecule has 0 aliphatic carbocycles. The molecule has 208 valence electrons. The molecule has 5 rings (SSSR count). The first kappa shape index (κ1) is 27.7. The minimum Gasteiger partial charge on any atom is -0.467 e. The van der Waals surface area contributed by atoms with E-state index in [4.69, 9.17) is 27.9 Å². The highest BCUT2D eigenvalue weighted by Crippen LogP contribution is 2.47. The number of nitrogens with zero attached hydrogens (tertiary/aromatic N) is 5. The van der Waals surface area contributed by atoms with Crippen LogP contribution in [0.15, 0.2) is 42.5 Å². The average Bonchev–Trinajstić information content (AvgIpc) is 3.58. The lowest BCUT2D eigenvalue weighted by molar-refractivity contribution is -0.145. The van der Waals surface area contributed by atoms with Gasteiger partial charge in [-0.3, -0.25) is 4.79 Å². The van der Waals surface area contributed by atoms with E-state index in [-0.39, 0.29) is 41.8 Å². The third kappa shape index (κ3) is 4.33. The summed E-state index contributed by atoms with van der Waals surface area (Å²) < 4.78 is 4.84. The van der Waals surface area contributed by atoms with Gasteiger partial charge in [-0.2, -0.15) is 5.26 Å². The van der Waals surface area contributed by atoms with Crippen LogP contribution in [-0.2, 0) is 14.3 Å². The largest absolute Gasteiger partial charge is 0.467 e. The van der Waals surface area contributed by atoms with Gasteiger partial charge in [-0.15, -0.1) is 0 Å². The van der Waals surface area contributed by atoms with Crippen LogP contribution in [0.3, 0.4) is 0 Å². The number of aliphatic hydroxyl groups excluding tert-OH is 1. The summed E-state index contributed by atoms with van der Waals surface area (Å²) in [5.74, 6) is -1.92. The molecule has 1 spiro atoms. The molecule has 2 aromatic carbocycles. The number of nitriles is 1. The standard InChI is InChI=1S/C27H25Cl2N5O6/c1-31-25(38)34(19-8-17(28)7-18(29)9-19)24(37)27(31)14-32(13-21(27)16-5-3-15(11-30)4-6-16)26(39)33-12-20(35)10-22(33)23(36)40-2/h3-9,20-22,35H,10,12-14H2,1-2H3/t20-,21+,22+,27-/m1/s1. The van der Waals surface area contributed by atoms with Gasteiger partial charge in [0.2, 0.25) is 0 Å². The molecule has 5 amide bonds. The fraction of sp³-hybridized carbons (Fsp3) is 0.370. The van der Waals surface area contributed by atoms with Crippen molar-refractivity contribution in [2.75, 3.05) is 38.7 Å². The Morgan fingerprint density at radius 3 is 2.35 bits per heavy atom. The highest BCUT2D eigenvalue weighted by atomic mass is 35.5. The van der Waals surface area contributed by atoms with Crippen LogP contribution >= 0.6 is 23.2 Å². The van der Waals surface area contributed by atoms with Crippen molar-refractivity contribution >= 4 is 52.8 Å². The number of rotatable bonds is 3. The number of ether oxygens (including phenoxy) is 1. The molecule has 0 unspecified atom stereocenters. The normalized spacial score (nSPS) is 26.1. The van der Waals surface area contributed by atoms with Crippen molar-refractivity contribution in [2.24, 2.45) is 0 Å². The zero-order valence-corrected chi connectivity index (χ0v) is 23.1. The molecule has 2 aromatic rings. The van der Waals surface area contributed by atoms with Gasteiger partial charge < -0.3 is 24.5 Å². The second kappa shape index (κ2) is 10.3. The monoisotopic (exact) mass is 585 g/mol. The minimum atomic E-state index is -1.52. The maximum atomic E-state index is 14.3. The zero-order chi connectivity index (χ0) is 28.9. The van der Waals surface area contributed by atoms with Crippen LogP contribution < -0.4 is 4.90 Å². The van der Waals surface area contributed by atoms with Gasteiger partial charge in [0.05, 0.1) is 37.1 Å². The van der Waals surface area contributed by atoms with Crippen molar-refractivity contribution in [3.8, 4) is 6.07 Å². The number of anilines is 1. The molecule has 3 aliphatic heterocycles. The Labute approximate surface area is 240 Å². The first-order chi connectivity index (χ1) is 19.0. The summed E-state index contributed by atoms with van der Waals surface area (Å²) in [6.45, 7) is -0.235. The Morgan fingerprint density at radius 2 is 1.75 bits per heavy atom. The van der Waals surface area contributed by atoms with E-state index in [0.717, 1.165) is 4.90 Å². The summed E-state index contributed by atoms with van der Waals surface area (Å²) in [6.07, 6.45) is -0.892. The van der Waals surface area contributed by atoms with Crippen LogP contribution in [-0.4, -0.2) is 95.2 Å². The summed E-state index contributed by atoms with van der Waals surface area (Å²) in [6, 6.07) is 10.9. The number of aliphatic hydroxyl groups is 1. The number of hydrogen-bond donors (Lipinski definition) is 1. The SMILES string of the molecule is COC(=O)[C@@H]1C[C@@H](O)CN1C(=O)N1C[C@@H](c2ccc(C#N)cc2)[C@]2(C1)C(=O)N(c1cc(Cl)cc(Cl)c1)C(=O)N2C. The van der Waals surface area contributed by atoms with Crippen molar-refractivity contribution in [2.45, 2.75) is 30.0 Å². The van der Waals surface area contributed by atoms with E-state index >= 15 is 0 Å². The molecule has 3 fully saturated rings. The highest BCUT2D eigenvalue weighted by Gasteiger charge is 2.65. The number of β-amino-alcohol motifs (C(OH)–C–C–N with tert-alkyl or cyclic N) is 1. The van der Waals surface area contributed by atoms with Crippen LogP contribution in [0.25, 0.3) is 0 Å². The van der Waals surface area contributed by atoms with E-state index in [1.54, 1.807) is 24.3 Å². The van der Waals surface area contributed by atoms with E-state index in [1.165, 1.54) is 47.1 Å². The Bertz CT molecular complexity index is 1430. The van der Waals surface area contributed by atoms with Crippen LogP contribution in [0, 0.1) is 11.3 Å². The molecule has 40 heavy (non-hydrogen) atoms. The summed E-state index contributed by atoms with van der Waals surface area (Å²) in [4.78, 5) is 59.1. The van der Waals surface area contributed by atoms with Crippen LogP contribution in [0.2, 0.25) is 10.0 Å². The molecular weight excluding hydrogens is 561 g/mol. The topological polar surface area (TPSA) is 134 Å². The number of methoxy groups -OCH3 is 1. The van der Waals surface area contributed by atoms with Crippen molar-refractivity contribution < 1.29 is 29.0 Å². The number of imide groups is 1. The van der Waals surface area contributed by atoms with Gasteiger partial charge in [-0.25, -0.2) is 19.3 Å². The summed E-state index contributed by atoms with van der Waals surface area (Å²) in [5, 5.41) is 20.0. The molecule has 4 atom stereocenters. The fourth-order valence-corrected chi connectivity index (χ4v) is 6.43. The van der Waals surface area contributed by atoms with E-state index in [0.29, 0.717) is 11.1 Å². The molecule has 11 nitrogen and oxygen atoms in total. The van der Waals surface area contributed by atoms with Gasteiger partial charge in [-0.05, 0) is 35.9 Å². The van der Waals surface area contributed by atoms with Gasteiger partial charge in [0.1, 0.15) is 11.6 Å². The highest BCUT2D eigenvalue weighted by molar-refractivity contribution is 6.35. The van der Waals surface area contributed by atoms with E-state index in [2.05, 4.69) is 6.07 Å². The maximum absolute atomic E-state index is 14.3. The molecule has 13 heteroatoms. The first-order valence-corrected chi connectivity index (χ1v) is 13.2. The van der Waals surface area contributed by atoms with Gasteiger partial charge in [0, 0.05) is 42.5 Å². The molecule has 0 aromatic heterocycles. The van der Waals surface area contributed by atoms with Gasteiger partial charge in [0.15, 0.2) is 0 Å². The summed E-state index contributed by atoms with van der Waals surface area (Å²) in [5.41, 5.74) is -0.283. The number of halogens is 2. The Balaban J connectivity index is 1.57. The van der Waals surface area contributed by atoms with Crippen LogP contribution in [0.5, 0.6) is 0 Å². The lowest BCUT2D eigenvalue weighted by Gasteiger charge is -2.34. The van der Waals surface area contributed by atoms with Crippen LogP contribution in [0.1, 0.15) is 23.5 Å². The second-order valence-electron chi connectivity index (χ2n) is 10.1. The molecule has 3 heterocycles. The Kier molecular flexibility index (Phi) is 7.12. The van der Waals surface area contributed by atoms with Gasteiger partial charge in [-0.1, -0.05) is 35.3 Å². The maximum Gasteiger partial charge on any atom is 0.332 e. The van der Waals surface area contributed by atoms with Crippen LogP contribution in [0.4, 0.5) is 15.3 Å². The molecule has 0 saturated carbocycles. The number of carbonyl (C=O) groups is 4. The predicted octanol–water partition coefficient (Wildman–Crippen LogP) is 2.83. The van der Waals surface area contributed by atoms with E-state index in [1.807, 2.05) is 0 Å². The lowest BCUT2D eigenvalue weighted by Crippen LogP contribution is -2.55. The first-order valence-electron chi connectivity index (χ1n) is 12.4. The number of carbonyl (C=O) groups excluding carboxylic acids is 4. The van der Waals surface area contributed by atoms with Crippen molar-refractivity contribution in [3.05, 3.63) is 63.6 Å². The lowest BCUT2D eigenvalue weighted by atomic mass is 9.80. The number of esters is 1. The summed E-state index contributed by atoms with van der Waals surface area (Å²) in [7, 11) is 2.70.